The summed E-state index contributed by atoms with van der Waals surface area (Å²) in [7, 11) is 9.48. The molecule has 1 unspecified atom stereocenters. The van der Waals surface area contributed by atoms with Gasteiger partial charge < -0.3 is 65.4 Å². The first-order valence-electron chi connectivity index (χ1n) is 38.5. The lowest BCUT2D eigenvalue weighted by atomic mass is 9.91. The van der Waals surface area contributed by atoms with E-state index in [4.69, 9.17) is 19.0 Å². The highest BCUT2D eigenvalue weighted by Crippen LogP contribution is 2.39. The molecule has 111 heavy (non-hydrogen) atoms. The van der Waals surface area contributed by atoms with Gasteiger partial charge in [-0.25, -0.2) is 15.0 Å². The van der Waals surface area contributed by atoms with E-state index in [-0.39, 0.29) is 111 Å². The molecule has 0 saturated carbocycles. The number of aliphatic hydroxyl groups is 1. The Labute approximate surface area is 661 Å². The molecule has 2 saturated heterocycles. The number of fused-ring (bicyclic) bond motifs is 1. The molecular formula is C80H118N12O17S2. The number of methoxy groups -OCH3 is 1. The zero-order valence-corrected chi connectivity index (χ0v) is 69.1. The third-order valence-corrected chi connectivity index (χ3v) is 23.7. The minimum Gasteiger partial charge on any atom is -0.494 e. The Hall–Kier alpha value is -8.81. The van der Waals surface area contributed by atoms with Crippen LogP contribution in [0.4, 0.5) is 16.2 Å². The van der Waals surface area contributed by atoms with E-state index >= 15 is 0 Å². The smallest absolute Gasteiger partial charge is 0.410 e. The van der Waals surface area contributed by atoms with E-state index in [0.717, 1.165) is 17.7 Å². The lowest BCUT2D eigenvalue weighted by molar-refractivity contribution is -0.197. The van der Waals surface area contributed by atoms with Crippen LogP contribution in [0.2, 0.25) is 0 Å². The monoisotopic (exact) mass is 1580 g/mol. The van der Waals surface area contributed by atoms with E-state index in [1.165, 1.54) is 47.6 Å². The van der Waals surface area contributed by atoms with E-state index in [0.29, 0.717) is 84.3 Å². The number of nitrogens with one attached hydrogen (secondary N) is 6. The van der Waals surface area contributed by atoms with E-state index < -0.39 is 101 Å². The summed E-state index contributed by atoms with van der Waals surface area (Å²) in [6.07, 6.45) is 1.25. The number of benzene rings is 3. The van der Waals surface area contributed by atoms with Gasteiger partial charge in [0.1, 0.15) is 36.5 Å². The predicted octanol–water partition coefficient (Wildman–Crippen LogP) is 8.60. The van der Waals surface area contributed by atoms with Crippen molar-refractivity contribution in [3.63, 3.8) is 0 Å². The van der Waals surface area contributed by atoms with Gasteiger partial charge in [-0.3, -0.25) is 52.8 Å². The summed E-state index contributed by atoms with van der Waals surface area (Å²) in [5, 5.41) is 30.2. The van der Waals surface area contributed by atoms with E-state index in [9.17, 15) is 62.6 Å². The van der Waals surface area contributed by atoms with Gasteiger partial charge in [-0.05, 0) is 112 Å². The van der Waals surface area contributed by atoms with Crippen molar-refractivity contribution in [1.29, 1.82) is 0 Å². The molecule has 3 heterocycles. The first-order valence-corrected chi connectivity index (χ1v) is 40.8. The van der Waals surface area contributed by atoms with Gasteiger partial charge in [-0.1, -0.05) is 133 Å². The number of imide groups is 1. The normalized spacial score (nSPS) is 17.5. The number of likely N-dealkylation sites (tertiary alicyclic amines) is 1. The molecule has 612 valence electrons. The van der Waals surface area contributed by atoms with Gasteiger partial charge in [0, 0.05) is 119 Å². The first kappa shape index (κ1) is 91.1. The molecule has 0 aromatic heterocycles. The summed E-state index contributed by atoms with van der Waals surface area (Å²) in [5.74, 6) is -5.70. The second-order valence-corrected chi connectivity index (χ2v) is 33.8. The number of hydrogen-bond donors (Lipinski definition) is 7. The molecule has 11 atom stereocenters. The number of hydroxylamine groups is 2. The number of hydrazone groups is 1. The maximum absolute atomic E-state index is 14.6. The van der Waals surface area contributed by atoms with Crippen LogP contribution in [0.25, 0.3) is 0 Å². The van der Waals surface area contributed by atoms with Gasteiger partial charge in [-0.2, -0.15) is 5.10 Å². The molecule has 0 bridgehead atoms. The van der Waals surface area contributed by atoms with Crippen LogP contribution in [0.1, 0.15) is 190 Å². The number of aliphatic hydroxyl groups excluding tert-OH is 1. The van der Waals surface area contributed by atoms with Crippen molar-refractivity contribution in [2.75, 3.05) is 63.9 Å². The molecule has 3 aliphatic heterocycles. The van der Waals surface area contributed by atoms with Gasteiger partial charge in [0.25, 0.3) is 11.8 Å². The van der Waals surface area contributed by atoms with Crippen molar-refractivity contribution in [2.24, 2.45) is 34.7 Å². The molecule has 29 nitrogen and oxygen atoms in total. The van der Waals surface area contributed by atoms with Crippen molar-refractivity contribution in [3.05, 3.63) is 89.5 Å². The molecule has 0 aliphatic carbocycles. The Bertz CT molecular complexity index is 3720. The van der Waals surface area contributed by atoms with Crippen molar-refractivity contribution in [3.8, 4) is 5.75 Å². The van der Waals surface area contributed by atoms with E-state index in [1.807, 2.05) is 83.8 Å². The molecule has 0 radical (unpaired) electrons. The van der Waals surface area contributed by atoms with Crippen LogP contribution in [0.15, 0.2) is 77.9 Å². The highest BCUT2D eigenvalue weighted by molar-refractivity contribution is 8.77. The quantitative estimate of drug-likeness (QED) is 0.0121. The topological polar surface area (TPSA) is 363 Å². The molecule has 31 heteroatoms. The van der Waals surface area contributed by atoms with Crippen molar-refractivity contribution in [2.45, 2.75) is 233 Å². The Morgan fingerprint density at radius 1 is 0.730 bits per heavy atom. The first-order chi connectivity index (χ1) is 52.5. The number of nitrogens with zero attached hydrogens (tertiary/aromatic N) is 6. The minimum atomic E-state index is -1.04. The van der Waals surface area contributed by atoms with Gasteiger partial charge in [-0.15, -0.1) is 5.06 Å². The molecule has 6 rings (SSSR count). The van der Waals surface area contributed by atoms with Crippen LogP contribution < -0.4 is 41.6 Å². The number of anilines is 2. The summed E-state index contributed by atoms with van der Waals surface area (Å²) in [4.78, 5) is 171. The molecule has 11 amide bonds. The summed E-state index contributed by atoms with van der Waals surface area (Å²) in [5.41, 5.74) is 6.70. The van der Waals surface area contributed by atoms with Gasteiger partial charge in [0.15, 0.2) is 0 Å². The highest BCUT2D eigenvalue weighted by atomic mass is 33.1. The number of amides is 11. The Morgan fingerprint density at radius 2 is 1.40 bits per heavy atom. The Balaban J connectivity index is 0.906. The Kier molecular flexibility index (Phi) is 35.5. The van der Waals surface area contributed by atoms with Crippen LogP contribution in [0.5, 0.6) is 5.75 Å². The molecule has 3 aromatic rings. The maximum atomic E-state index is 14.6. The molecule has 2 fully saturated rings. The molecule has 3 aromatic carbocycles. The summed E-state index contributed by atoms with van der Waals surface area (Å²) >= 11 is 0. The van der Waals surface area contributed by atoms with Crippen LogP contribution in [0, 0.1) is 29.6 Å². The van der Waals surface area contributed by atoms with Crippen molar-refractivity contribution in [1.82, 2.24) is 46.5 Å². The predicted molar refractivity (Wildman–Crippen MR) is 426 cm³/mol. The van der Waals surface area contributed by atoms with Crippen molar-refractivity contribution < 1.29 is 81.7 Å². The standard InChI is InChI=1S/C80H118N12O17S2/c1-18-50(8)60(34-35-65(95)91-40-22-26-61(91)73(106-17)51(9)74(100)81-52(10)72(99)55-24-20-19-21-25-55)89(15)78(104)70(48(4)5)85-77(103)71(49(6)7)90(16)79(105)108-46-54-28-30-56(31-29-54)83-75(101)53(11)82-76(102)69(47(2)3)84-63(93)39-43-110-111-80(12,13)45-64(94)87-86-59-38-41-88(14)62-44-57(32-33-58(59)62)107-42-23-27-68(98)109-92-66(96)36-37-67(92)97/h19-21,24-25,28-33,44,47-53,60-61,69-73,99H,18,22-23,26-27,34-43,45-46H2,1-17H3,(H,81,100)(H,82,102)(H,83,101)(H,84,93)(H,85,103)(H,87,94)/b86-59+/t50-,51+,52+,53-,60+,61-,69-,70?,71-,72+,73+/m0/s1. The van der Waals surface area contributed by atoms with Crippen LogP contribution in [-0.4, -0.2) is 209 Å². The number of rotatable bonds is 41. The third-order valence-electron chi connectivity index (χ3n) is 20.4. The highest BCUT2D eigenvalue weighted by Gasteiger charge is 2.43. The summed E-state index contributed by atoms with van der Waals surface area (Å²) in [6, 6.07) is 15.8. The molecular weight excluding hydrogens is 1470 g/mol. The van der Waals surface area contributed by atoms with E-state index in [1.54, 1.807) is 101 Å². The summed E-state index contributed by atoms with van der Waals surface area (Å²) in [6.45, 7) is 24.8. The van der Waals surface area contributed by atoms with Crippen LogP contribution in [0.3, 0.4) is 0 Å². The molecule has 3 aliphatic rings. The number of hydrogen-bond acceptors (Lipinski definition) is 21. The number of carbonyl (C=O) groups excluding carboxylic acids is 12. The number of likely N-dealkylation sites (N-methyl/N-ethyl adjacent to an activating group) is 2. The Morgan fingerprint density at radius 3 is 2.03 bits per heavy atom. The molecule has 7 N–H and O–H groups in total. The second-order valence-electron chi connectivity index (χ2n) is 30.7. The largest absolute Gasteiger partial charge is 0.494 e. The van der Waals surface area contributed by atoms with Gasteiger partial charge in [0.2, 0.25) is 47.3 Å². The minimum absolute atomic E-state index is 0.0159. The second kappa shape index (κ2) is 43.3. The van der Waals surface area contributed by atoms with Gasteiger partial charge >= 0.3 is 12.1 Å². The number of ether oxygens (including phenoxy) is 3. The lowest BCUT2D eigenvalue weighted by Crippen LogP contribution is -2.58. The van der Waals surface area contributed by atoms with Crippen LogP contribution >= 0.6 is 21.6 Å². The zero-order valence-electron chi connectivity index (χ0n) is 67.5. The maximum Gasteiger partial charge on any atom is 0.410 e. The fourth-order valence-corrected chi connectivity index (χ4v) is 16.1. The van der Waals surface area contributed by atoms with Gasteiger partial charge in [0.05, 0.1) is 48.9 Å². The molecule has 0 spiro atoms. The van der Waals surface area contributed by atoms with E-state index in [2.05, 4.69) is 37.1 Å². The fraction of sp³-hybridized carbons (Fsp3) is 0.613. The zero-order chi connectivity index (χ0) is 82.1. The number of carbonyl (C=O) groups is 12. The average Bonchev–Trinajstić information content (AvgIpc) is 0.995. The van der Waals surface area contributed by atoms with Crippen molar-refractivity contribution >= 4 is 110 Å². The summed E-state index contributed by atoms with van der Waals surface area (Å²) < 4.78 is 17.0. The average molecular weight is 1580 g/mol. The SMILES string of the molecule is CC[C@H](C)[C@@H](CCC(=O)N1CCC[C@H]1[C@H](OC)[C@@H](C)C(=O)N[C@H](C)[C@@H](O)c1ccccc1)N(C)C(=O)C(NC(=O)[C@H](C(C)C)N(C)C(=O)OCc1ccc(NC(=O)[C@H](C)NC(=O)[C@@H](NC(=O)CCSSC(C)(C)CC(=O)N/N=C2\CCN(C)c3cc(OCCCC(=O)ON4C(=O)CCC4=O)ccc32)C(C)C)cc1)C(C)C. The lowest BCUT2D eigenvalue weighted by Gasteiger charge is -2.38. The fourth-order valence-electron chi connectivity index (χ4n) is 13.7. The third kappa shape index (κ3) is 26.7. The van der Waals surface area contributed by atoms with Crippen LogP contribution in [-0.2, 0) is 73.7 Å².